The molecule has 0 aromatic heterocycles. The maximum absolute atomic E-state index is 13.2. The average Bonchev–Trinajstić information content (AvgIpc) is 2.58. The maximum Gasteiger partial charge on any atom is 0.243 e. The topological polar surface area (TPSA) is 69.7 Å². The SMILES string of the molecule is C#CCNC(=O)CN1CCN(S(=O)(=O)c2c(C)c(C)cc(C)c2C)CC1. The van der Waals surface area contributed by atoms with Crippen LogP contribution in [-0.4, -0.2) is 62.8 Å². The zero-order chi connectivity index (χ0) is 19.5. The summed E-state index contributed by atoms with van der Waals surface area (Å²) in [6.07, 6.45) is 5.13. The maximum atomic E-state index is 13.2. The van der Waals surface area contributed by atoms with Crippen LogP contribution in [0.2, 0.25) is 0 Å². The lowest BCUT2D eigenvalue weighted by Gasteiger charge is -2.34. The highest BCUT2D eigenvalue weighted by Crippen LogP contribution is 2.29. The Morgan fingerprint density at radius 1 is 1.12 bits per heavy atom. The Bertz CT molecular complexity index is 806. The molecule has 0 bridgehead atoms. The van der Waals surface area contributed by atoms with Crippen molar-refractivity contribution in [2.45, 2.75) is 32.6 Å². The number of carbonyl (C=O) groups excluding carboxylic acids is 1. The zero-order valence-corrected chi connectivity index (χ0v) is 16.7. The molecule has 0 saturated carbocycles. The Hall–Kier alpha value is -1.88. The first-order valence-corrected chi connectivity index (χ1v) is 10.1. The fourth-order valence-electron chi connectivity index (χ4n) is 3.23. The molecule has 7 heteroatoms. The van der Waals surface area contributed by atoms with Gasteiger partial charge in [0.2, 0.25) is 15.9 Å². The Kier molecular flexibility index (Phi) is 6.45. The number of nitrogens with one attached hydrogen (secondary N) is 1. The monoisotopic (exact) mass is 377 g/mol. The summed E-state index contributed by atoms with van der Waals surface area (Å²) in [6, 6.07) is 2.02. The Labute approximate surface area is 156 Å². The smallest absolute Gasteiger partial charge is 0.243 e. The standard InChI is InChI=1S/C19H27N3O3S/c1-6-7-20-18(23)13-21-8-10-22(11-9-21)26(24,25)19-16(4)14(2)12-15(3)17(19)5/h1,12H,7-11,13H2,2-5H3,(H,20,23). The molecule has 2 rings (SSSR count). The summed E-state index contributed by atoms with van der Waals surface area (Å²) in [7, 11) is -3.55. The number of hydrogen-bond donors (Lipinski definition) is 1. The molecule has 0 spiro atoms. The van der Waals surface area contributed by atoms with Crippen LogP contribution in [0.3, 0.4) is 0 Å². The molecular weight excluding hydrogens is 350 g/mol. The highest BCUT2D eigenvalue weighted by molar-refractivity contribution is 7.89. The molecular formula is C19H27N3O3S. The van der Waals surface area contributed by atoms with Crippen LogP contribution in [-0.2, 0) is 14.8 Å². The van der Waals surface area contributed by atoms with Crippen LogP contribution in [0.1, 0.15) is 22.3 Å². The number of carbonyl (C=O) groups is 1. The fourth-order valence-corrected chi connectivity index (χ4v) is 5.23. The van der Waals surface area contributed by atoms with Gasteiger partial charge < -0.3 is 5.32 Å². The first-order chi connectivity index (χ1) is 12.2. The van der Waals surface area contributed by atoms with Gasteiger partial charge in [-0.25, -0.2) is 8.42 Å². The molecule has 0 atom stereocenters. The summed E-state index contributed by atoms with van der Waals surface area (Å²) in [5.74, 6) is 2.22. The Balaban J connectivity index is 2.12. The molecule has 26 heavy (non-hydrogen) atoms. The zero-order valence-electron chi connectivity index (χ0n) is 15.9. The van der Waals surface area contributed by atoms with E-state index in [2.05, 4.69) is 11.2 Å². The number of terminal acetylenes is 1. The summed E-state index contributed by atoms with van der Waals surface area (Å²) >= 11 is 0. The largest absolute Gasteiger partial charge is 0.344 e. The molecule has 142 valence electrons. The molecule has 1 N–H and O–H groups in total. The summed E-state index contributed by atoms with van der Waals surface area (Å²) < 4.78 is 27.9. The van der Waals surface area contributed by atoms with Crippen LogP contribution in [0.5, 0.6) is 0 Å². The van der Waals surface area contributed by atoms with Gasteiger partial charge in [-0.1, -0.05) is 12.0 Å². The highest BCUT2D eigenvalue weighted by atomic mass is 32.2. The second-order valence-electron chi connectivity index (χ2n) is 6.75. The molecule has 1 heterocycles. The van der Waals surface area contributed by atoms with E-state index in [0.29, 0.717) is 31.1 Å². The van der Waals surface area contributed by atoms with E-state index in [9.17, 15) is 13.2 Å². The number of amides is 1. The first-order valence-electron chi connectivity index (χ1n) is 8.68. The lowest BCUT2D eigenvalue weighted by molar-refractivity contribution is -0.122. The van der Waals surface area contributed by atoms with Crippen LogP contribution in [0.15, 0.2) is 11.0 Å². The molecule has 1 saturated heterocycles. The van der Waals surface area contributed by atoms with E-state index in [1.807, 2.05) is 38.7 Å². The second-order valence-corrected chi connectivity index (χ2v) is 8.63. The van der Waals surface area contributed by atoms with Crippen molar-refractivity contribution in [2.75, 3.05) is 39.3 Å². The minimum Gasteiger partial charge on any atom is -0.344 e. The van der Waals surface area contributed by atoms with E-state index in [1.165, 1.54) is 4.31 Å². The third kappa shape index (κ3) is 4.26. The fraction of sp³-hybridized carbons (Fsp3) is 0.526. The molecule has 1 aromatic carbocycles. The second kappa shape index (κ2) is 8.21. The quantitative estimate of drug-likeness (QED) is 0.777. The molecule has 1 amide bonds. The molecule has 1 aliphatic rings. The van der Waals surface area contributed by atoms with E-state index >= 15 is 0 Å². The number of sulfonamides is 1. The minimum absolute atomic E-state index is 0.139. The van der Waals surface area contributed by atoms with Gasteiger partial charge in [-0.15, -0.1) is 6.42 Å². The van der Waals surface area contributed by atoms with Crippen LogP contribution < -0.4 is 5.32 Å². The molecule has 6 nitrogen and oxygen atoms in total. The number of rotatable bonds is 5. The predicted octanol–water partition coefficient (Wildman–Crippen LogP) is 0.976. The van der Waals surface area contributed by atoms with Gasteiger partial charge in [-0.2, -0.15) is 4.31 Å². The lowest BCUT2D eigenvalue weighted by Crippen LogP contribution is -2.51. The Morgan fingerprint density at radius 3 is 2.15 bits per heavy atom. The van der Waals surface area contributed by atoms with Crippen molar-refractivity contribution in [3.8, 4) is 12.3 Å². The normalized spacial score (nSPS) is 16.3. The van der Waals surface area contributed by atoms with Crippen molar-refractivity contribution in [3.05, 3.63) is 28.3 Å². The Morgan fingerprint density at radius 2 is 1.65 bits per heavy atom. The van der Waals surface area contributed by atoms with Gasteiger partial charge in [0.1, 0.15) is 0 Å². The van der Waals surface area contributed by atoms with E-state index in [1.54, 1.807) is 0 Å². The highest BCUT2D eigenvalue weighted by Gasteiger charge is 2.32. The van der Waals surface area contributed by atoms with Crippen molar-refractivity contribution in [2.24, 2.45) is 0 Å². The van der Waals surface area contributed by atoms with Crippen LogP contribution in [0, 0.1) is 40.0 Å². The minimum atomic E-state index is -3.55. The van der Waals surface area contributed by atoms with E-state index < -0.39 is 10.0 Å². The van der Waals surface area contributed by atoms with Crippen molar-refractivity contribution < 1.29 is 13.2 Å². The average molecular weight is 378 g/mol. The van der Waals surface area contributed by atoms with Crippen LogP contribution in [0.25, 0.3) is 0 Å². The van der Waals surface area contributed by atoms with Crippen LogP contribution in [0.4, 0.5) is 0 Å². The summed E-state index contributed by atoms with van der Waals surface area (Å²) in [4.78, 5) is 14.1. The number of hydrogen-bond acceptors (Lipinski definition) is 4. The van der Waals surface area contributed by atoms with Crippen molar-refractivity contribution in [1.82, 2.24) is 14.5 Å². The van der Waals surface area contributed by atoms with Gasteiger partial charge in [0.15, 0.2) is 0 Å². The van der Waals surface area contributed by atoms with Gasteiger partial charge in [0, 0.05) is 26.2 Å². The summed E-state index contributed by atoms with van der Waals surface area (Å²) in [5, 5.41) is 2.63. The predicted molar refractivity (Wildman–Crippen MR) is 102 cm³/mol. The van der Waals surface area contributed by atoms with E-state index in [-0.39, 0.29) is 19.0 Å². The first kappa shape index (κ1) is 20.4. The van der Waals surface area contributed by atoms with Gasteiger partial charge in [0.25, 0.3) is 0 Å². The lowest BCUT2D eigenvalue weighted by atomic mass is 10.0. The number of benzene rings is 1. The summed E-state index contributed by atoms with van der Waals surface area (Å²) in [5.41, 5.74) is 3.58. The summed E-state index contributed by atoms with van der Waals surface area (Å²) in [6.45, 7) is 9.82. The van der Waals surface area contributed by atoms with Gasteiger partial charge >= 0.3 is 0 Å². The van der Waals surface area contributed by atoms with Crippen molar-refractivity contribution >= 4 is 15.9 Å². The number of piperazine rings is 1. The third-order valence-electron chi connectivity index (χ3n) is 4.98. The molecule has 1 aromatic rings. The van der Waals surface area contributed by atoms with Crippen molar-refractivity contribution in [3.63, 3.8) is 0 Å². The molecule has 0 aliphatic carbocycles. The molecule has 1 aliphatic heterocycles. The third-order valence-corrected chi connectivity index (χ3v) is 7.15. The molecule has 0 radical (unpaired) electrons. The van der Waals surface area contributed by atoms with Crippen LogP contribution >= 0.6 is 0 Å². The number of nitrogens with zero attached hydrogens (tertiary/aromatic N) is 2. The van der Waals surface area contributed by atoms with Gasteiger partial charge in [-0.05, 0) is 49.9 Å². The van der Waals surface area contributed by atoms with Gasteiger partial charge in [0.05, 0.1) is 18.0 Å². The van der Waals surface area contributed by atoms with Gasteiger partial charge in [-0.3, -0.25) is 9.69 Å². The molecule has 1 fully saturated rings. The molecule has 0 unspecified atom stereocenters. The van der Waals surface area contributed by atoms with E-state index in [0.717, 1.165) is 22.3 Å². The van der Waals surface area contributed by atoms with E-state index in [4.69, 9.17) is 6.42 Å². The number of aryl methyl sites for hydroxylation is 2. The van der Waals surface area contributed by atoms with Crippen molar-refractivity contribution in [1.29, 1.82) is 0 Å².